The first-order chi connectivity index (χ1) is 13.8. The lowest BCUT2D eigenvalue weighted by Gasteiger charge is -2.36. The van der Waals surface area contributed by atoms with Gasteiger partial charge in [-0.1, -0.05) is 42.5 Å². The first-order valence-corrected chi connectivity index (χ1v) is 11.1. The van der Waals surface area contributed by atoms with Crippen LogP contribution in [0, 0.1) is 11.3 Å². The molecule has 0 bridgehead atoms. The first-order valence-electron chi connectivity index (χ1n) is 10.2. The summed E-state index contributed by atoms with van der Waals surface area (Å²) in [5.41, 5.74) is 6.69. The molecule has 1 aromatic heterocycles. The number of rotatable bonds is 3. The molecule has 0 unspecified atom stereocenters. The van der Waals surface area contributed by atoms with Gasteiger partial charge < -0.3 is 0 Å². The van der Waals surface area contributed by atoms with E-state index >= 15 is 0 Å². The van der Waals surface area contributed by atoms with Gasteiger partial charge in [0.25, 0.3) is 0 Å². The van der Waals surface area contributed by atoms with Crippen LogP contribution < -0.4 is 0 Å². The van der Waals surface area contributed by atoms with Crippen molar-refractivity contribution >= 4 is 11.3 Å². The molecule has 0 N–H and O–H groups in total. The first kappa shape index (κ1) is 17.7. The minimum Gasteiger partial charge on any atom is -0.287 e. The van der Waals surface area contributed by atoms with E-state index in [4.69, 9.17) is 0 Å². The van der Waals surface area contributed by atoms with Crippen LogP contribution in [0.1, 0.15) is 56.5 Å². The van der Waals surface area contributed by atoms with Gasteiger partial charge in [-0.05, 0) is 66.5 Å². The molecular formula is C25H24N2S. The van der Waals surface area contributed by atoms with Gasteiger partial charge in [0.1, 0.15) is 0 Å². The Labute approximate surface area is 171 Å². The molecule has 0 saturated carbocycles. The normalized spacial score (nSPS) is 18.9. The summed E-state index contributed by atoms with van der Waals surface area (Å²) >= 11 is 2.07. The maximum Gasteiger partial charge on any atom is 0.0991 e. The summed E-state index contributed by atoms with van der Waals surface area (Å²) in [6.45, 7) is 1.96. The third-order valence-corrected chi connectivity index (χ3v) is 7.52. The molecule has 0 spiro atoms. The van der Waals surface area contributed by atoms with Gasteiger partial charge in [-0.3, -0.25) is 4.90 Å². The van der Waals surface area contributed by atoms with Crippen molar-refractivity contribution in [2.45, 2.75) is 44.7 Å². The summed E-state index contributed by atoms with van der Waals surface area (Å²) in [7, 11) is 0. The Morgan fingerprint density at radius 2 is 1.82 bits per heavy atom. The number of thiophene rings is 1. The zero-order valence-electron chi connectivity index (χ0n) is 16.0. The molecule has 2 heterocycles. The zero-order valence-corrected chi connectivity index (χ0v) is 16.8. The minimum absolute atomic E-state index is 0.325. The second-order valence-corrected chi connectivity index (χ2v) is 9.04. The third kappa shape index (κ3) is 3.17. The van der Waals surface area contributed by atoms with Gasteiger partial charge in [0.05, 0.1) is 17.7 Å². The van der Waals surface area contributed by atoms with Gasteiger partial charge in [0.15, 0.2) is 0 Å². The summed E-state index contributed by atoms with van der Waals surface area (Å²) in [5, 5.41) is 9.26. The SMILES string of the molecule is N#Cc1cccc(CN2CCc3c(sc4c3CCCC4)[C@@H]2c2ccccc2)c1. The second-order valence-electron chi connectivity index (χ2n) is 7.90. The van der Waals surface area contributed by atoms with E-state index in [2.05, 4.69) is 58.7 Å². The molecule has 0 radical (unpaired) electrons. The quantitative estimate of drug-likeness (QED) is 0.584. The van der Waals surface area contributed by atoms with Crippen molar-refractivity contribution in [3.63, 3.8) is 0 Å². The summed E-state index contributed by atoms with van der Waals surface area (Å²) in [5.74, 6) is 0. The highest BCUT2D eigenvalue weighted by atomic mass is 32.1. The predicted octanol–water partition coefficient (Wildman–Crippen LogP) is 5.65. The second kappa shape index (κ2) is 7.54. The average molecular weight is 385 g/mol. The van der Waals surface area contributed by atoms with Crippen LogP contribution in [0.5, 0.6) is 0 Å². The maximum absolute atomic E-state index is 9.26. The van der Waals surface area contributed by atoms with Gasteiger partial charge in [0.2, 0.25) is 0 Å². The molecule has 1 atom stereocenters. The van der Waals surface area contributed by atoms with Crippen LogP contribution in [0.3, 0.4) is 0 Å². The summed E-state index contributed by atoms with van der Waals surface area (Å²) in [6, 6.07) is 21.7. The van der Waals surface area contributed by atoms with E-state index in [1.54, 1.807) is 20.9 Å². The maximum atomic E-state index is 9.26. The largest absolute Gasteiger partial charge is 0.287 e. The number of nitrogens with zero attached hydrogens (tertiary/aromatic N) is 2. The van der Waals surface area contributed by atoms with Crippen molar-refractivity contribution in [2.24, 2.45) is 0 Å². The van der Waals surface area contributed by atoms with E-state index in [-0.39, 0.29) is 0 Å². The molecular weight excluding hydrogens is 360 g/mol. The molecule has 0 amide bonds. The van der Waals surface area contributed by atoms with Crippen molar-refractivity contribution in [2.75, 3.05) is 6.54 Å². The third-order valence-electron chi connectivity index (χ3n) is 6.13. The fraction of sp³-hybridized carbons (Fsp3) is 0.320. The van der Waals surface area contributed by atoms with Crippen LogP contribution in [-0.4, -0.2) is 11.4 Å². The van der Waals surface area contributed by atoms with E-state index in [1.165, 1.54) is 36.8 Å². The van der Waals surface area contributed by atoms with Crippen molar-refractivity contribution in [1.82, 2.24) is 4.90 Å². The number of aryl methyl sites for hydroxylation is 1. The Balaban J connectivity index is 1.56. The Bertz CT molecular complexity index is 1030. The Morgan fingerprint density at radius 3 is 2.68 bits per heavy atom. The van der Waals surface area contributed by atoms with Crippen LogP contribution in [0.15, 0.2) is 54.6 Å². The average Bonchev–Trinajstić information content (AvgIpc) is 3.13. The van der Waals surface area contributed by atoms with Crippen LogP contribution >= 0.6 is 11.3 Å². The highest BCUT2D eigenvalue weighted by Crippen LogP contribution is 2.45. The van der Waals surface area contributed by atoms with Gasteiger partial charge in [-0.15, -0.1) is 11.3 Å². The van der Waals surface area contributed by atoms with Crippen LogP contribution in [0.4, 0.5) is 0 Å². The molecule has 2 aromatic carbocycles. The number of benzene rings is 2. The molecule has 0 saturated heterocycles. The Morgan fingerprint density at radius 1 is 0.964 bits per heavy atom. The standard InChI is InChI=1S/C25H24N2S/c26-16-18-7-6-8-19(15-18)17-27-14-13-22-21-11-4-5-12-23(21)28-25(22)24(27)20-9-2-1-3-10-20/h1-3,6-10,15,24H,4-5,11-14,17H2/t24-/m0/s1. The minimum atomic E-state index is 0.325. The van der Waals surface area contributed by atoms with E-state index in [0.717, 1.165) is 25.1 Å². The smallest absolute Gasteiger partial charge is 0.0991 e. The molecule has 140 valence electrons. The lowest BCUT2D eigenvalue weighted by molar-refractivity contribution is 0.207. The summed E-state index contributed by atoms with van der Waals surface area (Å²) < 4.78 is 0. The molecule has 2 nitrogen and oxygen atoms in total. The molecule has 2 aliphatic rings. The number of fused-ring (bicyclic) bond motifs is 3. The van der Waals surface area contributed by atoms with Crippen LogP contribution in [0.25, 0.3) is 0 Å². The lowest BCUT2D eigenvalue weighted by atomic mass is 9.88. The monoisotopic (exact) mass is 384 g/mol. The van der Waals surface area contributed by atoms with Crippen LogP contribution in [0.2, 0.25) is 0 Å². The van der Waals surface area contributed by atoms with Crippen molar-refractivity contribution in [3.8, 4) is 6.07 Å². The molecule has 5 rings (SSSR count). The van der Waals surface area contributed by atoms with E-state index in [0.29, 0.717) is 6.04 Å². The molecule has 3 heteroatoms. The van der Waals surface area contributed by atoms with E-state index in [9.17, 15) is 5.26 Å². The Kier molecular flexibility index (Phi) is 4.76. The molecule has 1 aliphatic heterocycles. The van der Waals surface area contributed by atoms with Crippen LogP contribution in [-0.2, 0) is 25.8 Å². The predicted molar refractivity (Wildman–Crippen MR) is 115 cm³/mol. The van der Waals surface area contributed by atoms with E-state index in [1.807, 2.05) is 18.2 Å². The summed E-state index contributed by atoms with van der Waals surface area (Å²) in [4.78, 5) is 5.82. The highest BCUT2D eigenvalue weighted by molar-refractivity contribution is 7.12. The van der Waals surface area contributed by atoms with Gasteiger partial charge in [0, 0.05) is 22.8 Å². The van der Waals surface area contributed by atoms with Crippen molar-refractivity contribution < 1.29 is 0 Å². The fourth-order valence-electron chi connectivity index (χ4n) is 4.84. The molecule has 0 fully saturated rings. The zero-order chi connectivity index (χ0) is 18.9. The number of nitriles is 1. The molecule has 1 aliphatic carbocycles. The van der Waals surface area contributed by atoms with Gasteiger partial charge >= 0.3 is 0 Å². The molecule has 28 heavy (non-hydrogen) atoms. The Hall–Kier alpha value is -2.41. The lowest BCUT2D eigenvalue weighted by Crippen LogP contribution is -2.35. The van der Waals surface area contributed by atoms with Gasteiger partial charge in [-0.2, -0.15) is 5.26 Å². The topological polar surface area (TPSA) is 27.0 Å². The summed E-state index contributed by atoms with van der Waals surface area (Å²) in [6.07, 6.45) is 6.37. The van der Waals surface area contributed by atoms with Crippen molar-refractivity contribution in [3.05, 3.63) is 92.2 Å². The molecule has 3 aromatic rings. The van der Waals surface area contributed by atoms with Crippen molar-refractivity contribution in [1.29, 1.82) is 5.26 Å². The fourth-order valence-corrected chi connectivity index (χ4v) is 6.44. The van der Waals surface area contributed by atoms with Gasteiger partial charge in [-0.25, -0.2) is 0 Å². The number of hydrogen-bond acceptors (Lipinski definition) is 3. The van der Waals surface area contributed by atoms with E-state index < -0.39 is 0 Å². The number of hydrogen-bond donors (Lipinski definition) is 0. The highest BCUT2D eigenvalue weighted by Gasteiger charge is 2.33.